The maximum atomic E-state index is 6.04. The number of rotatable bonds is 5. The van der Waals surface area contributed by atoms with Crippen LogP contribution in [-0.4, -0.2) is 36.8 Å². The quantitative estimate of drug-likeness (QED) is 0.899. The van der Waals surface area contributed by atoms with E-state index in [0.29, 0.717) is 12.1 Å². The molecule has 1 fully saturated rings. The molecule has 0 bridgehead atoms. The minimum absolute atomic E-state index is 0.308. The Bertz CT molecular complexity index is 369. The van der Waals surface area contributed by atoms with E-state index in [-0.39, 0.29) is 0 Å². The van der Waals surface area contributed by atoms with Gasteiger partial charge in [-0.05, 0) is 30.7 Å². The topological polar surface area (TPSA) is 21.3 Å². The van der Waals surface area contributed by atoms with E-state index in [1.54, 1.807) is 0 Å². The van der Waals surface area contributed by atoms with Gasteiger partial charge in [-0.25, -0.2) is 0 Å². The number of hydrogen-bond acceptors (Lipinski definition) is 3. The monoisotopic (exact) mass is 285 g/mol. The van der Waals surface area contributed by atoms with Crippen LogP contribution in [0.3, 0.4) is 0 Å². The molecule has 18 heavy (non-hydrogen) atoms. The van der Waals surface area contributed by atoms with Crippen LogP contribution in [0.25, 0.3) is 0 Å². The lowest BCUT2D eigenvalue weighted by atomic mass is 10.0. The number of likely N-dealkylation sites (N-methyl/N-ethyl adjacent to an activating group) is 1. The van der Waals surface area contributed by atoms with Gasteiger partial charge in [-0.1, -0.05) is 30.7 Å². The lowest BCUT2D eigenvalue weighted by Crippen LogP contribution is -2.46. The Kier molecular flexibility index (Phi) is 5.83. The van der Waals surface area contributed by atoms with Crippen molar-refractivity contribution in [2.75, 3.05) is 24.7 Å². The van der Waals surface area contributed by atoms with Crippen LogP contribution in [0, 0.1) is 0 Å². The zero-order chi connectivity index (χ0) is 12.8. The summed E-state index contributed by atoms with van der Waals surface area (Å²) in [5.41, 5.74) is 1.27. The second kappa shape index (κ2) is 7.39. The molecule has 2 unspecified atom stereocenters. The largest absolute Gasteiger partial charge is 0.375 e. The van der Waals surface area contributed by atoms with Crippen molar-refractivity contribution in [3.05, 3.63) is 34.9 Å². The summed E-state index contributed by atoms with van der Waals surface area (Å²) in [6.45, 7) is 3.98. The number of ether oxygens (including phenoxy) is 1. The van der Waals surface area contributed by atoms with Gasteiger partial charge < -0.3 is 10.1 Å². The fourth-order valence-electron chi connectivity index (χ4n) is 2.25. The Morgan fingerprint density at radius 1 is 1.56 bits per heavy atom. The van der Waals surface area contributed by atoms with Gasteiger partial charge in [0.1, 0.15) is 0 Å². The van der Waals surface area contributed by atoms with Crippen molar-refractivity contribution < 1.29 is 4.74 Å². The Morgan fingerprint density at radius 3 is 3.11 bits per heavy atom. The molecule has 2 atom stereocenters. The molecule has 2 nitrogen and oxygen atoms in total. The Labute approximate surface area is 118 Å². The SMILES string of the molecule is CCNC(Cc1cccc(Cl)c1)C1CSCCO1. The summed E-state index contributed by atoms with van der Waals surface area (Å²) < 4.78 is 5.88. The van der Waals surface area contributed by atoms with Crippen LogP contribution in [-0.2, 0) is 11.2 Å². The fourth-order valence-corrected chi connectivity index (χ4v) is 3.41. The third-order valence-electron chi connectivity index (χ3n) is 3.10. The molecule has 0 amide bonds. The average molecular weight is 286 g/mol. The summed E-state index contributed by atoms with van der Waals surface area (Å²) in [5.74, 6) is 2.20. The van der Waals surface area contributed by atoms with Crippen molar-refractivity contribution in [2.24, 2.45) is 0 Å². The van der Waals surface area contributed by atoms with E-state index in [1.807, 2.05) is 30.0 Å². The first kappa shape index (κ1) is 14.2. The number of thioether (sulfide) groups is 1. The van der Waals surface area contributed by atoms with Gasteiger partial charge in [-0.15, -0.1) is 0 Å². The standard InChI is InChI=1S/C14H20ClNOS/c1-2-16-13(14-10-18-7-6-17-14)9-11-4-3-5-12(15)8-11/h3-5,8,13-14,16H,2,6-7,9-10H2,1H3. The molecule has 0 saturated carbocycles. The number of nitrogens with one attached hydrogen (secondary N) is 1. The first-order chi connectivity index (χ1) is 8.79. The molecule has 0 aliphatic carbocycles. The van der Waals surface area contributed by atoms with Gasteiger partial charge in [0.15, 0.2) is 0 Å². The predicted molar refractivity (Wildman–Crippen MR) is 79.7 cm³/mol. The van der Waals surface area contributed by atoms with Crippen molar-refractivity contribution in [1.29, 1.82) is 0 Å². The zero-order valence-corrected chi connectivity index (χ0v) is 12.3. The van der Waals surface area contributed by atoms with Gasteiger partial charge in [0.25, 0.3) is 0 Å². The van der Waals surface area contributed by atoms with Crippen LogP contribution in [0.2, 0.25) is 5.02 Å². The highest BCUT2D eigenvalue weighted by molar-refractivity contribution is 7.99. The van der Waals surface area contributed by atoms with E-state index in [9.17, 15) is 0 Å². The van der Waals surface area contributed by atoms with Gasteiger partial charge >= 0.3 is 0 Å². The second-order valence-corrected chi connectivity index (χ2v) is 6.07. The van der Waals surface area contributed by atoms with Crippen molar-refractivity contribution in [1.82, 2.24) is 5.32 Å². The van der Waals surface area contributed by atoms with Gasteiger partial charge in [-0.2, -0.15) is 11.8 Å². The lowest BCUT2D eigenvalue weighted by Gasteiger charge is -2.31. The molecule has 1 N–H and O–H groups in total. The zero-order valence-electron chi connectivity index (χ0n) is 10.7. The summed E-state index contributed by atoms with van der Waals surface area (Å²) in [4.78, 5) is 0. The first-order valence-corrected chi connectivity index (χ1v) is 8.00. The number of benzene rings is 1. The minimum Gasteiger partial charge on any atom is -0.375 e. The van der Waals surface area contributed by atoms with E-state index in [0.717, 1.165) is 36.1 Å². The molecule has 1 heterocycles. The summed E-state index contributed by atoms with van der Waals surface area (Å²) in [6, 6.07) is 8.48. The highest BCUT2D eigenvalue weighted by Gasteiger charge is 2.24. The van der Waals surface area contributed by atoms with Crippen molar-refractivity contribution >= 4 is 23.4 Å². The highest BCUT2D eigenvalue weighted by Crippen LogP contribution is 2.19. The molecule has 1 aromatic carbocycles. The summed E-state index contributed by atoms with van der Waals surface area (Å²) in [6.07, 6.45) is 1.28. The molecule has 0 aromatic heterocycles. The third-order valence-corrected chi connectivity index (χ3v) is 4.36. The molecular formula is C14H20ClNOS. The van der Waals surface area contributed by atoms with Gasteiger partial charge in [0.2, 0.25) is 0 Å². The highest BCUT2D eigenvalue weighted by atomic mass is 35.5. The van der Waals surface area contributed by atoms with Crippen molar-refractivity contribution in [3.63, 3.8) is 0 Å². The van der Waals surface area contributed by atoms with Gasteiger partial charge in [0.05, 0.1) is 12.7 Å². The van der Waals surface area contributed by atoms with Gasteiger partial charge in [0, 0.05) is 22.6 Å². The molecule has 1 saturated heterocycles. The maximum Gasteiger partial charge on any atom is 0.0821 e. The third kappa shape index (κ3) is 4.16. The molecule has 1 aliphatic heterocycles. The minimum atomic E-state index is 0.308. The molecule has 1 aromatic rings. The molecule has 0 spiro atoms. The fraction of sp³-hybridized carbons (Fsp3) is 0.571. The van der Waals surface area contributed by atoms with Crippen LogP contribution in [0.15, 0.2) is 24.3 Å². The summed E-state index contributed by atoms with van der Waals surface area (Å²) >= 11 is 8.02. The van der Waals surface area contributed by atoms with E-state index < -0.39 is 0 Å². The Hall–Kier alpha value is -0.220. The van der Waals surface area contributed by atoms with Crippen molar-refractivity contribution in [2.45, 2.75) is 25.5 Å². The number of halogens is 1. The first-order valence-electron chi connectivity index (χ1n) is 6.46. The molecule has 2 rings (SSSR count). The van der Waals surface area contributed by atoms with E-state index in [1.165, 1.54) is 5.56 Å². The second-order valence-electron chi connectivity index (χ2n) is 4.48. The van der Waals surface area contributed by atoms with Crippen LogP contribution >= 0.6 is 23.4 Å². The normalized spacial score (nSPS) is 21.8. The molecule has 0 radical (unpaired) electrons. The molecule has 4 heteroatoms. The maximum absolute atomic E-state index is 6.04. The van der Waals surface area contributed by atoms with E-state index in [2.05, 4.69) is 18.3 Å². The van der Waals surface area contributed by atoms with Crippen LogP contribution < -0.4 is 5.32 Å². The van der Waals surface area contributed by atoms with Crippen LogP contribution in [0.1, 0.15) is 12.5 Å². The van der Waals surface area contributed by atoms with Crippen LogP contribution in [0.5, 0.6) is 0 Å². The van der Waals surface area contributed by atoms with Crippen molar-refractivity contribution in [3.8, 4) is 0 Å². The smallest absolute Gasteiger partial charge is 0.0821 e. The summed E-state index contributed by atoms with van der Waals surface area (Å²) in [7, 11) is 0. The van der Waals surface area contributed by atoms with E-state index >= 15 is 0 Å². The molecular weight excluding hydrogens is 266 g/mol. The van der Waals surface area contributed by atoms with Crippen LogP contribution in [0.4, 0.5) is 0 Å². The lowest BCUT2D eigenvalue weighted by molar-refractivity contribution is 0.0476. The predicted octanol–water partition coefficient (Wildman–Crippen LogP) is 2.99. The molecule has 100 valence electrons. The summed E-state index contributed by atoms with van der Waals surface area (Å²) in [5, 5.41) is 4.35. The Morgan fingerprint density at radius 2 is 2.44 bits per heavy atom. The average Bonchev–Trinajstić information content (AvgIpc) is 2.39. The number of hydrogen-bond donors (Lipinski definition) is 1. The van der Waals surface area contributed by atoms with E-state index in [4.69, 9.17) is 16.3 Å². The van der Waals surface area contributed by atoms with Gasteiger partial charge in [-0.3, -0.25) is 0 Å². The Balaban J connectivity index is 2.00. The molecule has 1 aliphatic rings.